The van der Waals surface area contributed by atoms with Crippen LogP contribution in [-0.4, -0.2) is 26.6 Å². The summed E-state index contributed by atoms with van der Waals surface area (Å²) in [5.41, 5.74) is 1.96. The van der Waals surface area contributed by atoms with Crippen molar-refractivity contribution in [1.29, 1.82) is 0 Å². The molecule has 5 nitrogen and oxygen atoms in total. The Bertz CT molecular complexity index is 787. The normalized spacial score (nSPS) is 16.8. The van der Waals surface area contributed by atoms with E-state index in [0.29, 0.717) is 6.42 Å². The summed E-state index contributed by atoms with van der Waals surface area (Å²) < 4.78 is 24.9. The predicted molar refractivity (Wildman–Crippen MR) is 129 cm³/mol. The molecule has 0 aliphatic carbocycles. The number of hydrogen-bond donors (Lipinski definition) is 1. The van der Waals surface area contributed by atoms with Gasteiger partial charge >= 0.3 is 0 Å². The maximum atomic E-state index is 12.5. The third-order valence-corrected chi connectivity index (χ3v) is 7.25. The number of anilines is 1. The second-order valence-corrected chi connectivity index (χ2v) is 10.7. The van der Waals surface area contributed by atoms with Crippen LogP contribution in [-0.2, 0) is 15.4 Å². The second kappa shape index (κ2) is 11.7. The highest BCUT2D eigenvalue weighted by atomic mass is 32.2. The van der Waals surface area contributed by atoms with Gasteiger partial charge in [0.2, 0.25) is 10.0 Å². The number of benzene rings is 1. The molecule has 1 heterocycles. The van der Waals surface area contributed by atoms with Gasteiger partial charge in [-0.15, -0.1) is 0 Å². The number of nitrogens with zero attached hydrogens (tertiary/aromatic N) is 2. The van der Waals surface area contributed by atoms with E-state index in [1.54, 1.807) is 0 Å². The molecule has 1 aromatic rings. The topological polar surface area (TPSA) is 61.8 Å². The molecule has 0 spiro atoms. The van der Waals surface area contributed by atoms with Crippen LogP contribution in [0.25, 0.3) is 0 Å². The van der Waals surface area contributed by atoms with Crippen LogP contribution < -0.4 is 9.73 Å². The van der Waals surface area contributed by atoms with E-state index in [-0.39, 0.29) is 11.2 Å². The lowest BCUT2D eigenvalue weighted by Gasteiger charge is -2.24. The minimum atomic E-state index is -3.41. The number of sulfonamides is 1. The number of rotatable bonds is 14. The summed E-state index contributed by atoms with van der Waals surface area (Å²) in [6.45, 7) is 9.24. The Kier molecular flexibility index (Phi) is 9.66. The first-order valence-electron chi connectivity index (χ1n) is 11.8. The van der Waals surface area contributed by atoms with Crippen molar-refractivity contribution in [2.45, 2.75) is 97.3 Å². The number of hydrogen-bond acceptors (Lipinski definition) is 3. The minimum Gasteiger partial charge on any atom is -0.328 e. The van der Waals surface area contributed by atoms with Gasteiger partial charge in [-0.1, -0.05) is 82.9 Å². The van der Waals surface area contributed by atoms with E-state index in [1.807, 2.05) is 12.1 Å². The molecule has 0 bridgehead atoms. The van der Waals surface area contributed by atoms with Gasteiger partial charge in [-0.05, 0) is 38.8 Å². The Labute approximate surface area is 184 Å². The Morgan fingerprint density at radius 2 is 1.47 bits per heavy atom. The first-order valence-corrected chi connectivity index (χ1v) is 13.4. The van der Waals surface area contributed by atoms with Crippen LogP contribution in [0.5, 0.6) is 0 Å². The van der Waals surface area contributed by atoms with E-state index in [2.05, 4.69) is 54.7 Å². The van der Waals surface area contributed by atoms with Gasteiger partial charge in [-0.25, -0.2) is 13.2 Å². The highest BCUT2D eigenvalue weighted by Crippen LogP contribution is 2.41. The molecule has 1 aliphatic heterocycles. The van der Waals surface area contributed by atoms with Gasteiger partial charge in [0.15, 0.2) is 0 Å². The van der Waals surface area contributed by atoms with E-state index in [4.69, 9.17) is 0 Å². The summed E-state index contributed by atoms with van der Waals surface area (Å²) in [7, 11) is -3.41. The molecule has 1 aliphatic rings. The van der Waals surface area contributed by atoms with Crippen molar-refractivity contribution in [2.24, 2.45) is 5.10 Å². The van der Waals surface area contributed by atoms with Crippen molar-refractivity contribution >= 4 is 21.5 Å². The van der Waals surface area contributed by atoms with Gasteiger partial charge in [0.05, 0.1) is 11.2 Å². The van der Waals surface area contributed by atoms with Crippen molar-refractivity contribution < 1.29 is 8.42 Å². The summed E-state index contributed by atoms with van der Waals surface area (Å²) in [6.07, 6.45) is 11.9. The fraction of sp³-hybridized carbons (Fsp3) is 0.708. The molecule has 2 rings (SSSR count). The number of amidine groups is 1. The zero-order chi connectivity index (χ0) is 22.0. The molecule has 0 radical (unpaired) electrons. The van der Waals surface area contributed by atoms with E-state index >= 15 is 0 Å². The van der Waals surface area contributed by atoms with Crippen molar-refractivity contribution in [3.63, 3.8) is 0 Å². The quantitative estimate of drug-likeness (QED) is 0.290. The first kappa shape index (κ1) is 24.7. The summed E-state index contributed by atoms with van der Waals surface area (Å²) in [6, 6.07) is 8.20. The summed E-state index contributed by atoms with van der Waals surface area (Å²) in [4.78, 5) is 4.60. The lowest BCUT2D eigenvalue weighted by molar-refractivity contribution is 0.555. The standard InChI is InChI=1S/C24H41N3O2S/c1-5-7-8-9-10-11-12-13-14-17-20-30(28,29)26-25-23-24(3,4)21-18-15-16-19-22(21)27(23)6-2/h15-16,18-19,26H,5-14,17,20H2,1-4H3/b25-23+. The highest BCUT2D eigenvalue weighted by molar-refractivity contribution is 7.89. The number of likely N-dealkylation sites (N-methyl/N-ethyl adjacent to an activating group) is 1. The number of hydrazone groups is 1. The van der Waals surface area contributed by atoms with E-state index in [1.165, 1.54) is 50.5 Å². The molecule has 170 valence electrons. The Balaban J connectivity index is 1.78. The second-order valence-electron chi connectivity index (χ2n) is 8.91. The molecule has 1 N–H and O–H groups in total. The molecular weight excluding hydrogens is 394 g/mol. The maximum Gasteiger partial charge on any atom is 0.247 e. The lowest BCUT2D eigenvalue weighted by atomic mass is 9.86. The van der Waals surface area contributed by atoms with Crippen molar-refractivity contribution in [3.05, 3.63) is 29.8 Å². The average molecular weight is 436 g/mol. The zero-order valence-electron chi connectivity index (χ0n) is 19.4. The monoisotopic (exact) mass is 435 g/mol. The van der Waals surface area contributed by atoms with Crippen LogP contribution >= 0.6 is 0 Å². The summed E-state index contributed by atoms with van der Waals surface area (Å²) >= 11 is 0. The van der Waals surface area contributed by atoms with Crippen molar-refractivity contribution in [2.75, 3.05) is 17.2 Å². The van der Waals surface area contributed by atoms with Crippen LogP contribution in [0.2, 0.25) is 0 Å². The average Bonchev–Trinajstić information content (AvgIpc) is 2.94. The zero-order valence-corrected chi connectivity index (χ0v) is 20.2. The molecule has 0 amide bonds. The van der Waals surface area contributed by atoms with Crippen LogP contribution in [0.15, 0.2) is 29.4 Å². The molecule has 0 fully saturated rings. The molecule has 0 aromatic heterocycles. The molecule has 1 aromatic carbocycles. The minimum absolute atomic E-state index is 0.139. The van der Waals surface area contributed by atoms with Crippen molar-refractivity contribution in [3.8, 4) is 0 Å². The molecule has 30 heavy (non-hydrogen) atoms. The Hall–Kier alpha value is -1.56. The smallest absolute Gasteiger partial charge is 0.247 e. The van der Waals surface area contributed by atoms with E-state index in [0.717, 1.165) is 30.9 Å². The number of fused-ring (bicyclic) bond motifs is 1. The third kappa shape index (κ3) is 6.73. The summed E-state index contributed by atoms with van der Waals surface area (Å²) in [5.74, 6) is 0.901. The van der Waals surface area contributed by atoms with E-state index < -0.39 is 10.0 Å². The SMILES string of the molecule is CCCCCCCCCCCCS(=O)(=O)N/N=C1/N(CC)c2ccccc2C1(C)C. The van der Waals surface area contributed by atoms with Crippen LogP contribution in [0.3, 0.4) is 0 Å². The van der Waals surface area contributed by atoms with Crippen molar-refractivity contribution in [1.82, 2.24) is 4.83 Å². The lowest BCUT2D eigenvalue weighted by Crippen LogP contribution is -2.39. The molecule has 0 saturated heterocycles. The number of nitrogens with one attached hydrogen (secondary N) is 1. The Morgan fingerprint density at radius 3 is 2.07 bits per heavy atom. The van der Waals surface area contributed by atoms with Gasteiger partial charge in [-0.2, -0.15) is 5.10 Å². The van der Waals surface area contributed by atoms with Gasteiger partial charge in [0.1, 0.15) is 5.84 Å². The van der Waals surface area contributed by atoms with Gasteiger partial charge in [-0.3, -0.25) is 0 Å². The van der Waals surface area contributed by atoms with Gasteiger partial charge < -0.3 is 4.90 Å². The van der Waals surface area contributed by atoms with Crippen LogP contribution in [0.4, 0.5) is 5.69 Å². The molecule has 0 atom stereocenters. The van der Waals surface area contributed by atoms with Gasteiger partial charge in [0, 0.05) is 12.2 Å². The number of para-hydroxylation sites is 1. The van der Waals surface area contributed by atoms with Crippen LogP contribution in [0.1, 0.15) is 97.5 Å². The largest absolute Gasteiger partial charge is 0.328 e. The molecule has 6 heteroatoms. The predicted octanol–water partition coefficient (Wildman–Crippen LogP) is 5.96. The molecular formula is C24H41N3O2S. The highest BCUT2D eigenvalue weighted by Gasteiger charge is 2.41. The first-order chi connectivity index (χ1) is 14.3. The van der Waals surface area contributed by atoms with Gasteiger partial charge in [0.25, 0.3) is 0 Å². The Morgan fingerprint density at radius 1 is 0.900 bits per heavy atom. The fourth-order valence-electron chi connectivity index (χ4n) is 4.27. The van der Waals surface area contributed by atoms with Crippen LogP contribution in [0, 0.1) is 0 Å². The maximum absolute atomic E-state index is 12.5. The third-order valence-electron chi connectivity index (χ3n) is 6.06. The molecule has 0 unspecified atom stereocenters. The van der Waals surface area contributed by atoms with E-state index in [9.17, 15) is 8.42 Å². The number of unbranched alkanes of at least 4 members (excludes halogenated alkanes) is 9. The summed E-state index contributed by atoms with van der Waals surface area (Å²) in [5, 5.41) is 4.38. The molecule has 0 saturated carbocycles. The fourth-order valence-corrected chi connectivity index (χ4v) is 5.17.